The molecule has 2 N–H and O–H groups in total. The first kappa shape index (κ1) is 28.6. The van der Waals surface area contributed by atoms with E-state index in [2.05, 4.69) is 20.8 Å². The average molecular weight is 553 g/mol. The van der Waals surface area contributed by atoms with Gasteiger partial charge in [-0.25, -0.2) is 4.18 Å². The van der Waals surface area contributed by atoms with E-state index in [0.29, 0.717) is 24.2 Å². The molecule has 38 heavy (non-hydrogen) atoms. The topological polar surface area (TPSA) is 110 Å². The lowest BCUT2D eigenvalue weighted by molar-refractivity contribution is -0.169. The van der Waals surface area contributed by atoms with Gasteiger partial charge in [-0.15, -0.1) is 0 Å². The third-order valence-corrected chi connectivity index (χ3v) is 13.3. The number of carbonyl (C=O) groups excluding carboxylic acids is 1. The highest BCUT2D eigenvalue weighted by molar-refractivity contribution is 7.80. The van der Waals surface area contributed by atoms with Gasteiger partial charge in [0.05, 0.1) is 25.2 Å². The lowest BCUT2D eigenvalue weighted by atomic mass is 9.42. The van der Waals surface area contributed by atoms with Gasteiger partial charge in [0.15, 0.2) is 0 Å². The Labute approximate surface area is 229 Å². The standard InChI is InChI=1S/C30H48O7S/c1-18(2)15-20(31)16-19(3)21-9-11-28(5)24-8-7-22-25(26(32)36-6)23(37-38(33,34)35)10-12-29(22)17-30(24,29)14-13-27(21,28)4/h15,19-25,31H,7-14,16-17H2,1-6H3,(H,33,34,35)/t19-,20+,21-,22+,23+,24+,25+,27-,28+,29-,30+/m1/s1. The summed E-state index contributed by atoms with van der Waals surface area (Å²) in [7, 11) is -3.31. The predicted octanol–water partition coefficient (Wildman–Crippen LogP) is 5.73. The minimum Gasteiger partial charge on any atom is -0.469 e. The number of hydrogen-bond acceptors (Lipinski definition) is 6. The number of carbonyl (C=O) groups is 1. The molecule has 8 heteroatoms. The van der Waals surface area contributed by atoms with Crippen LogP contribution in [0.25, 0.3) is 0 Å². The maximum Gasteiger partial charge on any atom is 0.397 e. The Bertz CT molecular complexity index is 1100. The minimum atomic E-state index is -4.66. The second-order valence-electron chi connectivity index (χ2n) is 14.4. The van der Waals surface area contributed by atoms with Crippen LogP contribution >= 0.6 is 0 Å². The maximum atomic E-state index is 13.0. The van der Waals surface area contributed by atoms with Crippen LogP contribution in [0.5, 0.6) is 0 Å². The summed E-state index contributed by atoms with van der Waals surface area (Å²) in [5.74, 6) is 0.559. The molecule has 5 saturated carbocycles. The molecule has 2 spiro atoms. The van der Waals surface area contributed by atoms with Crippen molar-refractivity contribution in [3.8, 4) is 0 Å². The van der Waals surface area contributed by atoms with E-state index in [1.54, 1.807) is 0 Å². The van der Waals surface area contributed by atoms with Gasteiger partial charge in [-0.2, -0.15) is 8.42 Å². The molecule has 11 atom stereocenters. The summed E-state index contributed by atoms with van der Waals surface area (Å²) >= 11 is 0. The van der Waals surface area contributed by atoms with Crippen molar-refractivity contribution in [3.63, 3.8) is 0 Å². The number of allylic oxidation sites excluding steroid dienone is 1. The van der Waals surface area contributed by atoms with Crippen molar-refractivity contribution in [3.05, 3.63) is 11.6 Å². The molecule has 0 radical (unpaired) electrons. The van der Waals surface area contributed by atoms with Gasteiger partial charge < -0.3 is 9.84 Å². The summed E-state index contributed by atoms with van der Waals surface area (Å²) in [5.41, 5.74) is 1.81. The second-order valence-corrected chi connectivity index (χ2v) is 15.4. The Kier molecular flexibility index (Phi) is 6.98. The van der Waals surface area contributed by atoms with Crippen LogP contribution in [0.2, 0.25) is 0 Å². The normalized spacial score (nSPS) is 47.0. The number of aliphatic hydroxyl groups is 1. The van der Waals surface area contributed by atoms with Crippen LogP contribution in [0.4, 0.5) is 0 Å². The van der Waals surface area contributed by atoms with Gasteiger partial charge in [0.2, 0.25) is 0 Å². The lowest BCUT2D eigenvalue weighted by Crippen LogP contribution is -2.57. The van der Waals surface area contributed by atoms with Gasteiger partial charge in [-0.3, -0.25) is 9.35 Å². The highest BCUT2D eigenvalue weighted by atomic mass is 32.3. The molecular weight excluding hydrogens is 504 g/mol. The van der Waals surface area contributed by atoms with Crippen molar-refractivity contribution in [2.45, 2.75) is 111 Å². The molecule has 5 aliphatic rings. The zero-order valence-electron chi connectivity index (χ0n) is 24.0. The van der Waals surface area contributed by atoms with E-state index in [9.17, 15) is 22.9 Å². The number of aliphatic hydroxyl groups excluding tert-OH is 1. The molecule has 5 rings (SSSR count). The first-order valence-corrected chi connectivity index (χ1v) is 16.1. The smallest absolute Gasteiger partial charge is 0.397 e. The van der Waals surface area contributed by atoms with E-state index < -0.39 is 34.5 Å². The quantitative estimate of drug-likeness (QED) is 0.236. The van der Waals surface area contributed by atoms with Crippen LogP contribution in [0.1, 0.15) is 98.8 Å². The minimum absolute atomic E-state index is 0.0231. The monoisotopic (exact) mass is 552 g/mol. The molecule has 0 aromatic rings. The number of methoxy groups -OCH3 is 1. The Morgan fingerprint density at radius 2 is 1.74 bits per heavy atom. The van der Waals surface area contributed by atoms with E-state index in [1.807, 2.05) is 19.9 Å². The summed E-state index contributed by atoms with van der Waals surface area (Å²) in [4.78, 5) is 13.0. The van der Waals surface area contributed by atoms with Gasteiger partial charge >= 0.3 is 16.4 Å². The average Bonchev–Trinajstić information content (AvgIpc) is 3.39. The largest absolute Gasteiger partial charge is 0.469 e. The molecule has 0 aromatic carbocycles. The molecule has 216 valence electrons. The first-order valence-electron chi connectivity index (χ1n) is 14.7. The third-order valence-electron chi connectivity index (χ3n) is 12.9. The van der Waals surface area contributed by atoms with Crippen LogP contribution in [-0.4, -0.2) is 43.4 Å². The van der Waals surface area contributed by atoms with Crippen molar-refractivity contribution < 1.29 is 31.8 Å². The van der Waals surface area contributed by atoms with Crippen LogP contribution in [0.15, 0.2) is 11.6 Å². The van der Waals surface area contributed by atoms with Crippen molar-refractivity contribution in [1.82, 2.24) is 0 Å². The number of hydrogen-bond donors (Lipinski definition) is 2. The molecule has 0 bridgehead atoms. The summed E-state index contributed by atoms with van der Waals surface area (Å²) in [6, 6.07) is 0. The molecule has 0 saturated heterocycles. The zero-order chi connectivity index (χ0) is 27.9. The van der Waals surface area contributed by atoms with Crippen LogP contribution < -0.4 is 0 Å². The Morgan fingerprint density at radius 1 is 1.03 bits per heavy atom. The fraction of sp³-hybridized carbons (Fsp3) is 0.900. The van der Waals surface area contributed by atoms with Crippen LogP contribution in [0, 0.1) is 51.2 Å². The Hall–Kier alpha value is -0.960. The van der Waals surface area contributed by atoms with Crippen molar-refractivity contribution in [1.29, 1.82) is 0 Å². The van der Waals surface area contributed by atoms with Crippen LogP contribution in [-0.2, 0) is 24.1 Å². The fourth-order valence-corrected chi connectivity index (χ4v) is 11.9. The second kappa shape index (κ2) is 9.28. The highest BCUT2D eigenvalue weighted by Crippen LogP contribution is 2.88. The zero-order valence-corrected chi connectivity index (χ0v) is 24.9. The summed E-state index contributed by atoms with van der Waals surface area (Å²) in [6.45, 7) is 11.5. The molecular formula is C30H48O7S. The van der Waals surface area contributed by atoms with Crippen molar-refractivity contribution in [2.75, 3.05) is 7.11 Å². The predicted molar refractivity (Wildman–Crippen MR) is 144 cm³/mol. The van der Waals surface area contributed by atoms with Crippen molar-refractivity contribution >= 4 is 16.4 Å². The SMILES string of the molecule is COC(=O)[C@@H]1[C@@H](OS(=O)(=O)O)CC[C@]23C[C@]24CC[C@]2(C)[C@@H]([C@H](C)C[C@@H](O)C=C(C)C)CC[C@@]2(C)[C@@H]4CC[C@@H]13. The first-order chi connectivity index (χ1) is 17.6. The van der Waals surface area contributed by atoms with Gasteiger partial charge in [0.1, 0.15) is 0 Å². The van der Waals surface area contributed by atoms with E-state index in [1.165, 1.54) is 20.0 Å². The number of rotatable bonds is 7. The van der Waals surface area contributed by atoms with Gasteiger partial charge in [0.25, 0.3) is 0 Å². The van der Waals surface area contributed by atoms with E-state index in [4.69, 9.17) is 8.92 Å². The summed E-state index contributed by atoms with van der Waals surface area (Å²) in [5, 5.41) is 10.7. The van der Waals surface area contributed by atoms with Crippen LogP contribution in [0.3, 0.4) is 0 Å². The van der Waals surface area contributed by atoms with E-state index in [0.717, 1.165) is 50.5 Å². The molecule has 0 unspecified atom stereocenters. The lowest BCUT2D eigenvalue weighted by Gasteiger charge is -2.62. The number of fused-ring (bicyclic) bond motifs is 2. The Morgan fingerprint density at radius 3 is 2.37 bits per heavy atom. The molecule has 0 aliphatic heterocycles. The third kappa shape index (κ3) is 4.06. The molecule has 0 amide bonds. The maximum absolute atomic E-state index is 13.0. The van der Waals surface area contributed by atoms with Crippen molar-refractivity contribution in [2.24, 2.45) is 51.2 Å². The van der Waals surface area contributed by atoms with Gasteiger partial charge in [-0.1, -0.05) is 32.4 Å². The molecule has 0 aromatic heterocycles. The summed E-state index contributed by atoms with van der Waals surface area (Å²) < 4.78 is 42.8. The van der Waals surface area contributed by atoms with E-state index >= 15 is 0 Å². The molecule has 5 aliphatic carbocycles. The van der Waals surface area contributed by atoms with E-state index in [-0.39, 0.29) is 27.6 Å². The Balaban J connectivity index is 1.41. The highest BCUT2D eigenvalue weighted by Gasteiger charge is 2.82. The van der Waals surface area contributed by atoms with Gasteiger partial charge in [0, 0.05) is 0 Å². The van der Waals surface area contributed by atoms with Gasteiger partial charge in [-0.05, 0) is 123 Å². The number of esters is 1. The molecule has 0 heterocycles. The molecule has 5 fully saturated rings. The number of ether oxygens (including phenoxy) is 1. The fourth-order valence-electron chi connectivity index (χ4n) is 11.3. The summed E-state index contributed by atoms with van der Waals surface area (Å²) in [6.07, 6.45) is 10.5. The molecule has 7 nitrogen and oxygen atoms in total.